The van der Waals surface area contributed by atoms with Gasteiger partial charge in [0.15, 0.2) is 11.7 Å². The van der Waals surface area contributed by atoms with Gasteiger partial charge in [0, 0.05) is 48.2 Å². The van der Waals surface area contributed by atoms with Crippen molar-refractivity contribution in [1.29, 1.82) is 0 Å². The fourth-order valence-corrected chi connectivity index (χ4v) is 4.98. The monoisotopic (exact) mass is 608 g/mol. The zero-order valence-electron chi connectivity index (χ0n) is 23.0. The average Bonchev–Trinajstić information content (AvgIpc) is 3.31. The molecule has 0 saturated heterocycles. The Hall–Kier alpha value is -5.17. The van der Waals surface area contributed by atoms with Gasteiger partial charge in [-0.15, -0.1) is 12.4 Å². The molecule has 0 bridgehead atoms. The van der Waals surface area contributed by atoms with Crippen molar-refractivity contribution in [3.63, 3.8) is 0 Å². The summed E-state index contributed by atoms with van der Waals surface area (Å²) in [4.78, 5) is 55.0. The summed E-state index contributed by atoms with van der Waals surface area (Å²) in [5.41, 5.74) is 2.39. The van der Waals surface area contributed by atoms with Crippen molar-refractivity contribution in [2.45, 2.75) is 25.4 Å². The number of anilines is 2. The van der Waals surface area contributed by atoms with Crippen LogP contribution in [0.1, 0.15) is 50.7 Å². The summed E-state index contributed by atoms with van der Waals surface area (Å²) in [5.74, 6) is -1.33. The first-order chi connectivity index (χ1) is 20.2. The number of nitro benzene ring substituents is 1. The Bertz CT molecular complexity index is 1610. The molecule has 0 spiro atoms. The van der Waals surface area contributed by atoms with E-state index < -0.39 is 29.3 Å². The summed E-state index contributed by atoms with van der Waals surface area (Å²) in [7, 11) is 1.30. The van der Waals surface area contributed by atoms with Gasteiger partial charge in [-0.1, -0.05) is 18.2 Å². The molecule has 2 amide bonds. The van der Waals surface area contributed by atoms with Crippen LogP contribution in [0.2, 0.25) is 0 Å². The zero-order valence-corrected chi connectivity index (χ0v) is 23.8. The van der Waals surface area contributed by atoms with Crippen molar-refractivity contribution in [2.75, 3.05) is 30.8 Å². The van der Waals surface area contributed by atoms with Gasteiger partial charge >= 0.3 is 11.7 Å². The van der Waals surface area contributed by atoms with Crippen LogP contribution >= 0.6 is 12.4 Å². The van der Waals surface area contributed by atoms with E-state index in [1.807, 2.05) is 6.07 Å². The fraction of sp³-hybridized carbons (Fsp3) is 0.241. The first-order valence-corrected chi connectivity index (χ1v) is 13.2. The van der Waals surface area contributed by atoms with E-state index in [9.17, 15) is 29.6 Å². The average molecular weight is 609 g/mol. The summed E-state index contributed by atoms with van der Waals surface area (Å²) in [6.45, 7) is 1.64. The molecular formula is C29H29ClN6O7. The standard InChI is InChI=1S/C29H28N6O7.ClH/c1-42-25-9-7-17(13-24(25)35(40)41)23(15-26(36)37)34-16-19-6-8-21(14-22(19)28(34)39)32-27(38)18-4-2-5-20(12-18)33-29-30-10-3-11-31-29;/h2,4-9,12-14,23H,3,10-11,15-16H2,1H3,(H,32,38)(H,36,37)(H2,30,31,33);1H. The largest absolute Gasteiger partial charge is 0.490 e. The van der Waals surface area contributed by atoms with Crippen LogP contribution in [0.3, 0.4) is 0 Å². The van der Waals surface area contributed by atoms with Gasteiger partial charge < -0.3 is 30.7 Å². The van der Waals surface area contributed by atoms with Crippen LogP contribution in [0, 0.1) is 10.1 Å². The first-order valence-electron chi connectivity index (χ1n) is 13.2. The SMILES string of the molecule is COc1ccc(C(CC(=O)O)N2Cc3ccc(NC(=O)c4cccc(NC5=NCCCN5)c4)cc3C2=O)cc1[N+](=O)[O-].Cl. The third kappa shape index (κ3) is 6.84. The van der Waals surface area contributed by atoms with E-state index in [0.717, 1.165) is 19.5 Å². The number of ether oxygens (including phenoxy) is 1. The smallest absolute Gasteiger partial charge is 0.311 e. The molecule has 0 saturated carbocycles. The third-order valence-electron chi connectivity index (χ3n) is 7.01. The Morgan fingerprint density at radius 3 is 2.67 bits per heavy atom. The minimum Gasteiger partial charge on any atom is -0.490 e. The molecule has 43 heavy (non-hydrogen) atoms. The van der Waals surface area contributed by atoms with E-state index >= 15 is 0 Å². The minimum absolute atomic E-state index is 0. The molecule has 0 radical (unpaired) electrons. The van der Waals surface area contributed by atoms with E-state index in [0.29, 0.717) is 39.6 Å². The van der Waals surface area contributed by atoms with Gasteiger partial charge in [0.05, 0.1) is 24.5 Å². The van der Waals surface area contributed by atoms with Gasteiger partial charge in [-0.25, -0.2) is 0 Å². The van der Waals surface area contributed by atoms with E-state index in [1.165, 1.54) is 30.2 Å². The van der Waals surface area contributed by atoms with E-state index in [2.05, 4.69) is 20.9 Å². The number of aliphatic carboxylic acids is 1. The highest BCUT2D eigenvalue weighted by molar-refractivity contribution is 6.07. The van der Waals surface area contributed by atoms with Gasteiger partial charge in [-0.3, -0.25) is 29.5 Å². The second kappa shape index (κ2) is 13.2. The number of benzene rings is 3. The second-order valence-electron chi connectivity index (χ2n) is 9.78. The van der Waals surface area contributed by atoms with Crippen molar-refractivity contribution in [1.82, 2.24) is 10.2 Å². The first kappa shape index (κ1) is 30.8. The van der Waals surface area contributed by atoms with Crippen molar-refractivity contribution < 1.29 is 29.2 Å². The number of methoxy groups -OCH3 is 1. The number of carbonyl (C=O) groups is 3. The highest BCUT2D eigenvalue weighted by Crippen LogP contribution is 2.38. The van der Waals surface area contributed by atoms with Gasteiger partial charge in [0.25, 0.3) is 11.8 Å². The van der Waals surface area contributed by atoms with Crippen LogP contribution in [-0.2, 0) is 11.3 Å². The summed E-state index contributed by atoms with van der Waals surface area (Å²) in [6, 6.07) is 15.0. The predicted molar refractivity (Wildman–Crippen MR) is 161 cm³/mol. The Balaban J connectivity index is 0.00000423. The molecule has 2 aliphatic rings. The summed E-state index contributed by atoms with van der Waals surface area (Å²) in [5, 5.41) is 30.3. The third-order valence-corrected chi connectivity index (χ3v) is 7.01. The minimum atomic E-state index is -1.17. The number of fused-ring (bicyclic) bond motifs is 1. The van der Waals surface area contributed by atoms with Gasteiger partial charge in [-0.05, 0) is 53.9 Å². The normalized spacial score (nSPS) is 14.4. The van der Waals surface area contributed by atoms with Crippen LogP contribution in [-0.4, -0.2) is 58.9 Å². The molecule has 0 aliphatic carbocycles. The number of halogens is 1. The highest BCUT2D eigenvalue weighted by atomic mass is 35.5. The molecule has 3 aromatic rings. The number of aliphatic imine (C=N–C) groups is 1. The number of amides is 2. The predicted octanol–water partition coefficient (Wildman–Crippen LogP) is 4.21. The van der Waals surface area contributed by atoms with E-state index in [4.69, 9.17) is 4.74 Å². The molecule has 3 aromatic carbocycles. The molecule has 2 heterocycles. The number of hydrogen-bond acceptors (Lipinski definition) is 9. The Morgan fingerprint density at radius 1 is 1.16 bits per heavy atom. The number of hydrogen-bond donors (Lipinski definition) is 4. The van der Waals surface area contributed by atoms with Crippen LogP contribution in [0.4, 0.5) is 17.1 Å². The molecule has 2 aliphatic heterocycles. The molecule has 4 N–H and O–H groups in total. The quantitative estimate of drug-likeness (QED) is 0.205. The van der Waals surface area contributed by atoms with Crippen molar-refractivity contribution in [3.05, 3.63) is 93.0 Å². The van der Waals surface area contributed by atoms with E-state index in [-0.39, 0.29) is 36.3 Å². The van der Waals surface area contributed by atoms with E-state index in [1.54, 1.807) is 36.4 Å². The Kier molecular flexibility index (Phi) is 9.46. The van der Waals surface area contributed by atoms with Gasteiger partial charge in [0.1, 0.15) is 0 Å². The molecule has 5 rings (SSSR count). The van der Waals surface area contributed by atoms with Crippen LogP contribution in [0.5, 0.6) is 5.75 Å². The number of carbonyl (C=O) groups excluding carboxylic acids is 2. The number of rotatable bonds is 9. The lowest BCUT2D eigenvalue weighted by Gasteiger charge is -2.27. The highest BCUT2D eigenvalue weighted by Gasteiger charge is 2.36. The maximum atomic E-state index is 13.5. The number of nitro groups is 1. The molecule has 0 aromatic heterocycles. The summed E-state index contributed by atoms with van der Waals surface area (Å²) >= 11 is 0. The van der Waals surface area contributed by atoms with Crippen LogP contribution in [0.15, 0.2) is 65.7 Å². The van der Waals surface area contributed by atoms with Crippen LogP contribution < -0.4 is 20.7 Å². The van der Waals surface area contributed by atoms with Crippen LogP contribution in [0.25, 0.3) is 0 Å². The van der Waals surface area contributed by atoms with Gasteiger partial charge in [-0.2, -0.15) is 0 Å². The molecule has 14 heteroatoms. The fourth-order valence-electron chi connectivity index (χ4n) is 4.98. The summed E-state index contributed by atoms with van der Waals surface area (Å²) in [6.07, 6.45) is 0.498. The molecule has 0 fully saturated rings. The number of carboxylic acid groups (broad SMARTS) is 1. The maximum Gasteiger partial charge on any atom is 0.311 e. The van der Waals surface area contributed by atoms with Crippen molar-refractivity contribution >= 4 is 53.2 Å². The number of guanidine groups is 1. The Labute approximate surface area is 252 Å². The molecular weight excluding hydrogens is 580 g/mol. The Morgan fingerprint density at radius 2 is 1.98 bits per heavy atom. The molecule has 224 valence electrons. The molecule has 13 nitrogen and oxygen atoms in total. The second-order valence-corrected chi connectivity index (χ2v) is 9.78. The topological polar surface area (TPSA) is 176 Å². The van der Waals surface area contributed by atoms with Crippen molar-refractivity contribution in [3.8, 4) is 5.75 Å². The number of nitrogens with zero attached hydrogens (tertiary/aromatic N) is 3. The zero-order chi connectivity index (χ0) is 29.8. The maximum absolute atomic E-state index is 13.5. The number of nitrogens with one attached hydrogen (secondary N) is 3. The molecule has 1 unspecified atom stereocenters. The lowest BCUT2D eigenvalue weighted by molar-refractivity contribution is -0.385. The lowest BCUT2D eigenvalue weighted by Crippen LogP contribution is -2.35. The summed E-state index contributed by atoms with van der Waals surface area (Å²) < 4.78 is 5.05. The molecule has 1 atom stereocenters. The number of carboxylic acids is 1. The van der Waals surface area contributed by atoms with Crippen molar-refractivity contribution in [2.24, 2.45) is 4.99 Å². The lowest BCUT2D eigenvalue weighted by atomic mass is 10.0. The van der Waals surface area contributed by atoms with Gasteiger partial charge in [0.2, 0.25) is 0 Å².